The molecule has 0 saturated heterocycles. The molecule has 1 atom stereocenters. The van der Waals surface area contributed by atoms with Crippen molar-refractivity contribution in [3.05, 3.63) is 58.9 Å². The van der Waals surface area contributed by atoms with Gasteiger partial charge >= 0.3 is 0 Å². The van der Waals surface area contributed by atoms with Crippen molar-refractivity contribution in [3.63, 3.8) is 0 Å². The Hall–Kier alpha value is -1.54. The number of hydrogen-bond donors (Lipinski definition) is 1. The minimum absolute atomic E-state index is 0.206. The van der Waals surface area contributed by atoms with Gasteiger partial charge in [-0.2, -0.15) is 0 Å². The van der Waals surface area contributed by atoms with Gasteiger partial charge in [-0.3, -0.25) is 0 Å². The molecule has 0 fully saturated rings. The lowest BCUT2D eigenvalue weighted by Crippen LogP contribution is -2.07. The van der Waals surface area contributed by atoms with E-state index in [4.69, 9.17) is 11.6 Å². The summed E-state index contributed by atoms with van der Waals surface area (Å²) in [5.41, 5.74) is 3.20. The first-order chi connectivity index (χ1) is 8.16. The molecule has 3 heteroatoms. The van der Waals surface area contributed by atoms with E-state index in [1.54, 1.807) is 6.20 Å². The van der Waals surface area contributed by atoms with Gasteiger partial charge in [0.05, 0.1) is 5.69 Å². The summed E-state index contributed by atoms with van der Waals surface area (Å²) in [4.78, 5) is 4.13. The molecule has 88 valence electrons. The fraction of sp³-hybridized carbons (Fsp3) is 0.214. The van der Waals surface area contributed by atoms with Crippen LogP contribution in [0.3, 0.4) is 0 Å². The fourth-order valence-corrected chi connectivity index (χ4v) is 1.87. The van der Waals surface area contributed by atoms with Crippen LogP contribution in [0.25, 0.3) is 0 Å². The lowest BCUT2D eigenvalue weighted by molar-refractivity contribution is 0.882. The molecule has 17 heavy (non-hydrogen) atoms. The summed E-state index contributed by atoms with van der Waals surface area (Å²) < 4.78 is 0. The molecule has 1 aromatic heterocycles. The summed E-state index contributed by atoms with van der Waals surface area (Å²) >= 11 is 6.05. The number of anilines is 1. The highest BCUT2D eigenvalue weighted by atomic mass is 35.5. The highest BCUT2D eigenvalue weighted by molar-refractivity contribution is 6.31. The van der Waals surface area contributed by atoms with Crippen LogP contribution < -0.4 is 5.32 Å². The van der Waals surface area contributed by atoms with Gasteiger partial charge in [-0.1, -0.05) is 41.9 Å². The van der Waals surface area contributed by atoms with Gasteiger partial charge in [-0.25, -0.2) is 4.98 Å². The zero-order valence-electron chi connectivity index (χ0n) is 9.94. The quantitative estimate of drug-likeness (QED) is 0.821. The van der Waals surface area contributed by atoms with Crippen LogP contribution in [0.2, 0.25) is 5.15 Å². The average molecular weight is 247 g/mol. The minimum atomic E-state index is 0.206. The van der Waals surface area contributed by atoms with Gasteiger partial charge in [-0.05, 0) is 31.0 Å². The third kappa shape index (κ3) is 2.98. The van der Waals surface area contributed by atoms with E-state index in [0.29, 0.717) is 5.15 Å². The summed E-state index contributed by atoms with van der Waals surface area (Å²) in [6.07, 6.45) is 1.76. The van der Waals surface area contributed by atoms with Gasteiger partial charge < -0.3 is 5.32 Å². The topological polar surface area (TPSA) is 24.9 Å². The van der Waals surface area contributed by atoms with E-state index in [2.05, 4.69) is 29.4 Å². The van der Waals surface area contributed by atoms with Gasteiger partial charge in [0.15, 0.2) is 5.15 Å². The second-order valence-electron chi connectivity index (χ2n) is 4.13. The van der Waals surface area contributed by atoms with Gasteiger partial charge in [0.1, 0.15) is 0 Å². The van der Waals surface area contributed by atoms with Crippen LogP contribution >= 0.6 is 11.6 Å². The van der Waals surface area contributed by atoms with Crippen LogP contribution in [-0.4, -0.2) is 4.98 Å². The molecule has 0 aliphatic rings. The predicted molar refractivity (Wildman–Crippen MR) is 72.5 cm³/mol. The smallest absolute Gasteiger partial charge is 0.152 e. The van der Waals surface area contributed by atoms with E-state index in [1.807, 2.05) is 31.2 Å². The average Bonchev–Trinajstić information content (AvgIpc) is 2.35. The number of benzene rings is 1. The van der Waals surface area contributed by atoms with Crippen molar-refractivity contribution in [1.82, 2.24) is 4.98 Å². The Bertz CT molecular complexity index is 497. The molecule has 0 radical (unpaired) electrons. The molecule has 1 N–H and O–H groups in total. The molecule has 0 aliphatic heterocycles. The Morgan fingerprint density at radius 1 is 1.24 bits per heavy atom. The fourth-order valence-electron chi connectivity index (χ4n) is 1.71. The van der Waals surface area contributed by atoms with E-state index in [-0.39, 0.29) is 6.04 Å². The zero-order valence-corrected chi connectivity index (χ0v) is 10.7. The standard InChI is InChI=1S/C14H15ClN2/c1-10-8-13(14(15)16-9-10)17-11(2)12-6-4-3-5-7-12/h3-9,11,17H,1-2H3. The molecule has 0 bridgehead atoms. The molecule has 1 unspecified atom stereocenters. The summed E-state index contributed by atoms with van der Waals surface area (Å²) in [5, 5.41) is 3.89. The Morgan fingerprint density at radius 2 is 1.94 bits per heavy atom. The summed E-state index contributed by atoms with van der Waals surface area (Å²) in [7, 11) is 0. The molecule has 0 spiro atoms. The Labute approximate surface area is 107 Å². The number of nitrogens with zero attached hydrogens (tertiary/aromatic N) is 1. The number of aromatic nitrogens is 1. The normalized spacial score (nSPS) is 12.2. The summed E-state index contributed by atoms with van der Waals surface area (Å²) in [6.45, 7) is 4.11. The lowest BCUT2D eigenvalue weighted by Gasteiger charge is -2.16. The maximum Gasteiger partial charge on any atom is 0.152 e. The van der Waals surface area contributed by atoms with E-state index < -0.39 is 0 Å². The van der Waals surface area contributed by atoms with Crippen LogP contribution in [0, 0.1) is 6.92 Å². The number of hydrogen-bond acceptors (Lipinski definition) is 2. The lowest BCUT2D eigenvalue weighted by atomic mass is 10.1. The zero-order chi connectivity index (χ0) is 12.3. The SMILES string of the molecule is Cc1cnc(Cl)c(NC(C)c2ccccc2)c1. The molecule has 2 nitrogen and oxygen atoms in total. The van der Waals surface area contributed by atoms with Crippen LogP contribution in [0.5, 0.6) is 0 Å². The molecule has 0 amide bonds. The molecule has 2 rings (SSSR count). The van der Waals surface area contributed by atoms with Crippen LogP contribution in [-0.2, 0) is 0 Å². The molecular weight excluding hydrogens is 232 g/mol. The van der Waals surface area contributed by atoms with Crippen LogP contribution in [0.15, 0.2) is 42.6 Å². The Morgan fingerprint density at radius 3 is 2.65 bits per heavy atom. The first kappa shape index (κ1) is 11.9. The number of pyridine rings is 1. The molecule has 0 aliphatic carbocycles. The summed E-state index contributed by atoms with van der Waals surface area (Å²) in [6, 6.07) is 12.5. The third-order valence-corrected chi connectivity index (χ3v) is 2.95. The maximum absolute atomic E-state index is 6.05. The highest BCUT2D eigenvalue weighted by Gasteiger charge is 2.07. The summed E-state index contributed by atoms with van der Waals surface area (Å²) in [5.74, 6) is 0. The van der Waals surface area contributed by atoms with Crippen molar-refractivity contribution >= 4 is 17.3 Å². The molecule has 1 aromatic carbocycles. The van der Waals surface area contributed by atoms with Crippen molar-refractivity contribution < 1.29 is 0 Å². The van der Waals surface area contributed by atoms with Gasteiger partial charge in [0.2, 0.25) is 0 Å². The minimum Gasteiger partial charge on any atom is -0.376 e. The first-order valence-electron chi connectivity index (χ1n) is 5.60. The van der Waals surface area contributed by atoms with Gasteiger partial charge in [0.25, 0.3) is 0 Å². The second kappa shape index (κ2) is 5.19. The molecule has 0 saturated carbocycles. The first-order valence-corrected chi connectivity index (χ1v) is 5.98. The van der Waals surface area contributed by atoms with Crippen molar-refractivity contribution in [1.29, 1.82) is 0 Å². The van der Waals surface area contributed by atoms with Gasteiger partial charge in [-0.15, -0.1) is 0 Å². The Balaban J connectivity index is 2.18. The van der Waals surface area contributed by atoms with Crippen molar-refractivity contribution in [2.75, 3.05) is 5.32 Å². The predicted octanol–water partition coefficient (Wildman–Crippen LogP) is 4.22. The van der Waals surface area contributed by atoms with Crippen molar-refractivity contribution in [3.8, 4) is 0 Å². The maximum atomic E-state index is 6.05. The van der Waals surface area contributed by atoms with Crippen LogP contribution in [0.1, 0.15) is 24.1 Å². The molecule has 2 aromatic rings. The van der Waals surface area contributed by atoms with Crippen molar-refractivity contribution in [2.45, 2.75) is 19.9 Å². The largest absolute Gasteiger partial charge is 0.376 e. The second-order valence-corrected chi connectivity index (χ2v) is 4.49. The van der Waals surface area contributed by atoms with Gasteiger partial charge in [0, 0.05) is 12.2 Å². The van der Waals surface area contributed by atoms with Crippen LogP contribution in [0.4, 0.5) is 5.69 Å². The Kier molecular flexibility index (Phi) is 3.64. The van der Waals surface area contributed by atoms with Crippen molar-refractivity contribution in [2.24, 2.45) is 0 Å². The molecular formula is C14H15ClN2. The van der Waals surface area contributed by atoms with E-state index >= 15 is 0 Å². The number of rotatable bonds is 3. The van der Waals surface area contributed by atoms with E-state index in [9.17, 15) is 0 Å². The monoisotopic (exact) mass is 246 g/mol. The highest BCUT2D eigenvalue weighted by Crippen LogP contribution is 2.25. The number of halogens is 1. The van der Waals surface area contributed by atoms with E-state index in [0.717, 1.165) is 11.3 Å². The number of nitrogens with one attached hydrogen (secondary N) is 1. The van der Waals surface area contributed by atoms with E-state index in [1.165, 1.54) is 5.56 Å². The molecule has 1 heterocycles. The number of aryl methyl sites for hydroxylation is 1. The third-order valence-electron chi connectivity index (χ3n) is 2.65.